The van der Waals surface area contributed by atoms with E-state index in [4.69, 9.17) is 0 Å². The third-order valence-corrected chi connectivity index (χ3v) is 4.49. The van der Waals surface area contributed by atoms with Crippen LogP contribution in [0.25, 0.3) is 0 Å². The smallest absolute Gasteiger partial charge is 0.134 e. The summed E-state index contributed by atoms with van der Waals surface area (Å²) in [6.07, 6.45) is 2.94. The minimum atomic E-state index is 0.810. The summed E-state index contributed by atoms with van der Waals surface area (Å²) >= 11 is 0. The van der Waals surface area contributed by atoms with E-state index < -0.39 is 0 Å². The van der Waals surface area contributed by atoms with Crippen molar-refractivity contribution in [2.24, 2.45) is 0 Å². The molecule has 1 N–H and O–H groups in total. The number of pyridine rings is 1. The number of aryl methyl sites for hydroxylation is 1. The van der Waals surface area contributed by atoms with Crippen LogP contribution in [0.1, 0.15) is 12.2 Å². The summed E-state index contributed by atoms with van der Waals surface area (Å²) in [4.78, 5) is 20.5. The Bertz CT molecular complexity index is 682. The highest BCUT2D eigenvalue weighted by Crippen LogP contribution is 2.19. The minimum Gasteiger partial charge on any atom is -0.370 e. The first-order valence-corrected chi connectivity index (χ1v) is 9.27. The molecule has 7 heteroatoms. The van der Waals surface area contributed by atoms with E-state index in [1.165, 1.54) is 0 Å². The predicted molar refractivity (Wildman–Crippen MR) is 107 cm³/mol. The maximum atomic E-state index is 4.64. The molecule has 2 aromatic rings. The SMILES string of the molecule is Cc1nc(NCCCN(C)C)cc(N2CCN(c3ccccn3)CC2)n1. The largest absolute Gasteiger partial charge is 0.370 e. The van der Waals surface area contributed by atoms with E-state index in [0.717, 1.165) is 69.0 Å². The predicted octanol–water partition coefficient (Wildman–Crippen LogP) is 1.87. The second-order valence-electron chi connectivity index (χ2n) is 6.90. The molecule has 0 bridgehead atoms. The van der Waals surface area contributed by atoms with E-state index in [0.29, 0.717) is 0 Å². The number of nitrogens with zero attached hydrogens (tertiary/aromatic N) is 6. The van der Waals surface area contributed by atoms with Crippen molar-refractivity contribution in [3.63, 3.8) is 0 Å². The molecular formula is C19H29N7. The monoisotopic (exact) mass is 355 g/mol. The molecule has 0 radical (unpaired) electrons. The van der Waals surface area contributed by atoms with Crippen molar-refractivity contribution in [1.82, 2.24) is 19.9 Å². The van der Waals surface area contributed by atoms with E-state index in [-0.39, 0.29) is 0 Å². The molecule has 3 heterocycles. The second-order valence-corrected chi connectivity index (χ2v) is 6.90. The average Bonchev–Trinajstić information content (AvgIpc) is 2.65. The van der Waals surface area contributed by atoms with Crippen LogP contribution in [0.3, 0.4) is 0 Å². The van der Waals surface area contributed by atoms with Crippen LogP contribution in [-0.4, -0.2) is 73.2 Å². The molecule has 1 aliphatic rings. The Morgan fingerprint density at radius 2 is 1.77 bits per heavy atom. The zero-order valence-corrected chi connectivity index (χ0v) is 16.0. The van der Waals surface area contributed by atoms with Crippen molar-refractivity contribution in [2.75, 3.05) is 68.5 Å². The Morgan fingerprint density at radius 1 is 1.04 bits per heavy atom. The number of piperazine rings is 1. The van der Waals surface area contributed by atoms with Gasteiger partial charge < -0.3 is 20.0 Å². The number of nitrogens with one attached hydrogen (secondary N) is 1. The summed E-state index contributed by atoms with van der Waals surface area (Å²) in [6, 6.07) is 8.13. The molecule has 1 aliphatic heterocycles. The highest BCUT2D eigenvalue weighted by Gasteiger charge is 2.19. The normalized spacial score (nSPS) is 14.8. The van der Waals surface area contributed by atoms with Crippen LogP contribution in [0, 0.1) is 6.92 Å². The van der Waals surface area contributed by atoms with Crippen molar-refractivity contribution >= 4 is 17.5 Å². The number of hydrogen-bond acceptors (Lipinski definition) is 7. The lowest BCUT2D eigenvalue weighted by Crippen LogP contribution is -2.47. The first-order valence-electron chi connectivity index (χ1n) is 9.27. The zero-order valence-electron chi connectivity index (χ0n) is 16.0. The van der Waals surface area contributed by atoms with E-state index in [1.54, 1.807) is 0 Å². The first kappa shape index (κ1) is 18.4. The third-order valence-electron chi connectivity index (χ3n) is 4.49. The van der Waals surface area contributed by atoms with Gasteiger partial charge in [0.15, 0.2) is 0 Å². The molecule has 0 aromatic carbocycles. The van der Waals surface area contributed by atoms with Crippen LogP contribution in [-0.2, 0) is 0 Å². The van der Waals surface area contributed by atoms with Crippen LogP contribution in [0.2, 0.25) is 0 Å². The maximum absolute atomic E-state index is 4.64. The van der Waals surface area contributed by atoms with E-state index >= 15 is 0 Å². The van der Waals surface area contributed by atoms with Gasteiger partial charge in [0, 0.05) is 45.0 Å². The fraction of sp³-hybridized carbons (Fsp3) is 0.526. The van der Waals surface area contributed by atoms with Crippen molar-refractivity contribution in [2.45, 2.75) is 13.3 Å². The Labute approximate surface area is 156 Å². The van der Waals surface area contributed by atoms with Crippen LogP contribution in [0.5, 0.6) is 0 Å². The summed E-state index contributed by atoms with van der Waals surface area (Å²) < 4.78 is 0. The number of anilines is 3. The van der Waals surface area contributed by atoms with Gasteiger partial charge in [-0.2, -0.15) is 0 Å². The van der Waals surface area contributed by atoms with Crippen molar-refractivity contribution in [3.05, 3.63) is 36.3 Å². The lowest BCUT2D eigenvalue weighted by atomic mass is 10.3. The van der Waals surface area contributed by atoms with Gasteiger partial charge in [0.2, 0.25) is 0 Å². The van der Waals surface area contributed by atoms with Crippen molar-refractivity contribution in [1.29, 1.82) is 0 Å². The molecule has 2 aromatic heterocycles. The Kier molecular flexibility index (Phi) is 6.22. The molecule has 26 heavy (non-hydrogen) atoms. The molecule has 0 spiro atoms. The fourth-order valence-corrected chi connectivity index (χ4v) is 3.12. The summed E-state index contributed by atoms with van der Waals surface area (Å²) in [6.45, 7) is 7.72. The van der Waals surface area contributed by atoms with E-state index in [2.05, 4.69) is 61.2 Å². The Hall–Kier alpha value is -2.41. The highest BCUT2D eigenvalue weighted by molar-refractivity contribution is 5.51. The van der Waals surface area contributed by atoms with Gasteiger partial charge in [-0.05, 0) is 46.1 Å². The molecule has 0 amide bonds. The maximum Gasteiger partial charge on any atom is 0.134 e. The van der Waals surface area contributed by atoms with Crippen LogP contribution >= 0.6 is 0 Å². The molecule has 1 fully saturated rings. The van der Waals surface area contributed by atoms with E-state index in [1.807, 2.05) is 25.3 Å². The Morgan fingerprint density at radius 3 is 2.42 bits per heavy atom. The van der Waals surface area contributed by atoms with Crippen molar-refractivity contribution in [3.8, 4) is 0 Å². The van der Waals surface area contributed by atoms with Gasteiger partial charge in [-0.3, -0.25) is 0 Å². The molecular weight excluding hydrogens is 326 g/mol. The number of aromatic nitrogens is 3. The quantitative estimate of drug-likeness (QED) is 0.761. The number of rotatable bonds is 7. The molecule has 0 unspecified atom stereocenters. The van der Waals surface area contributed by atoms with Crippen molar-refractivity contribution < 1.29 is 0 Å². The molecule has 0 saturated carbocycles. The molecule has 0 atom stereocenters. The number of hydrogen-bond donors (Lipinski definition) is 1. The molecule has 7 nitrogen and oxygen atoms in total. The molecule has 3 rings (SSSR count). The van der Waals surface area contributed by atoms with Gasteiger partial charge in [0.25, 0.3) is 0 Å². The molecule has 0 aliphatic carbocycles. The second kappa shape index (κ2) is 8.80. The lowest BCUT2D eigenvalue weighted by molar-refractivity contribution is 0.405. The summed E-state index contributed by atoms with van der Waals surface area (Å²) in [5.41, 5.74) is 0. The van der Waals surface area contributed by atoms with Gasteiger partial charge in [-0.15, -0.1) is 0 Å². The highest BCUT2D eigenvalue weighted by atomic mass is 15.3. The van der Waals surface area contributed by atoms with Gasteiger partial charge in [0.1, 0.15) is 23.3 Å². The van der Waals surface area contributed by atoms with E-state index in [9.17, 15) is 0 Å². The topological polar surface area (TPSA) is 60.4 Å². The summed E-state index contributed by atoms with van der Waals surface area (Å²) in [5.74, 6) is 3.78. The third kappa shape index (κ3) is 5.05. The minimum absolute atomic E-state index is 0.810. The van der Waals surface area contributed by atoms with Crippen LogP contribution < -0.4 is 15.1 Å². The van der Waals surface area contributed by atoms with Gasteiger partial charge in [0.05, 0.1) is 0 Å². The standard InChI is InChI=1S/C19H29N7/c1-16-22-17(20-9-6-10-24(2)3)15-19(23-16)26-13-11-25(12-14-26)18-7-4-5-8-21-18/h4-5,7-8,15H,6,9-14H2,1-3H3,(H,20,22,23). The molecule has 1 saturated heterocycles. The van der Waals surface area contributed by atoms with Crippen LogP contribution in [0.4, 0.5) is 17.5 Å². The van der Waals surface area contributed by atoms with Gasteiger partial charge >= 0.3 is 0 Å². The zero-order chi connectivity index (χ0) is 18.4. The van der Waals surface area contributed by atoms with Gasteiger partial charge in [-0.1, -0.05) is 6.07 Å². The summed E-state index contributed by atoms with van der Waals surface area (Å²) in [5, 5.41) is 3.43. The Balaban J connectivity index is 1.57. The first-order chi connectivity index (χ1) is 12.6. The fourth-order valence-electron chi connectivity index (χ4n) is 3.12. The summed E-state index contributed by atoms with van der Waals surface area (Å²) in [7, 11) is 4.19. The average molecular weight is 355 g/mol. The van der Waals surface area contributed by atoms with Crippen LogP contribution in [0.15, 0.2) is 30.5 Å². The lowest BCUT2D eigenvalue weighted by Gasteiger charge is -2.36. The van der Waals surface area contributed by atoms with Gasteiger partial charge in [-0.25, -0.2) is 15.0 Å². The molecule has 140 valence electrons.